The van der Waals surface area contributed by atoms with Gasteiger partial charge in [-0.25, -0.2) is 4.79 Å². The highest BCUT2D eigenvalue weighted by atomic mass is 16.5. The maximum atomic E-state index is 12.8. The molecule has 1 aliphatic rings. The SMILES string of the molecule is Cc1ccc2nc(C)c(C(=O)N3CCOC(C(=O)O)C3)cc2c1. The van der Waals surface area contributed by atoms with Crippen LogP contribution in [0.15, 0.2) is 24.3 Å². The van der Waals surface area contributed by atoms with Gasteiger partial charge in [-0.05, 0) is 32.0 Å². The minimum atomic E-state index is -1.05. The number of carboxylic acid groups (broad SMARTS) is 1. The third-order valence-corrected chi connectivity index (χ3v) is 4.02. The Morgan fingerprint density at radius 2 is 2.09 bits per heavy atom. The molecule has 1 aromatic heterocycles. The summed E-state index contributed by atoms with van der Waals surface area (Å²) in [6, 6.07) is 7.73. The molecular weight excluding hydrogens is 296 g/mol. The molecule has 1 aliphatic heterocycles. The molecule has 1 N–H and O–H groups in total. The number of aromatic nitrogens is 1. The lowest BCUT2D eigenvalue weighted by atomic mass is 10.1. The van der Waals surface area contributed by atoms with Gasteiger partial charge in [0.25, 0.3) is 5.91 Å². The minimum Gasteiger partial charge on any atom is -0.479 e. The minimum absolute atomic E-state index is 0.0550. The predicted octanol–water partition coefficient (Wildman–Crippen LogP) is 1.78. The smallest absolute Gasteiger partial charge is 0.334 e. The Hall–Kier alpha value is -2.47. The summed E-state index contributed by atoms with van der Waals surface area (Å²) in [6.07, 6.45) is -0.969. The number of morpholine rings is 1. The summed E-state index contributed by atoms with van der Waals surface area (Å²) < 4.78 is 5.16. The standard InChI is InChI=1S/C17H18N2O4/c1-10-3-4-14-12(7-10)8-13(11(2)18-14)16(20)19-5-6-23-15(9-19)17(21)22/h3-4,7-8,15H,5-6,9H2,1-2H3,(H,21,22). The van der Waals surface area contributed by atoms with E-state index in [9.17, 15) is 9.59 Å². The lowest BCUT2D eigenvalue weighted by Crippen LogP contribution is -2.48. The highest BCUT2D eigenvalue weighted by molar-refractivity contribution is 5.99. The summed E-state index contributed by atoms with van der Waals surface area (Å²) in [4.78, 5) is 29.8. The van der Waals surface area contributed by atoms with Crippen molar-refractivity contribution in [2.24, 2.45) is 0 Å². The fourth-order valence-corrected chi connectivity index (χ4v) is 2.76. The predicted molar refractivity (Wildman–Crippen MR) is 84.5 cm³/mol. The van der Waals surface area contributed by atoms with Gasteiger partial charge in [0.05, 0.1) is 29.9 Å². The fraction of sp³-hybridized carbons (Fsp3) is 0.353. The molecule has 1 amide bonds. The molecule has 6 heteroatoms. The Morgan fingerprint density at radius 1 is 1.30 bits per heavy atom. The van der Waals surface area contributed by atoms with Crippen LogP contribution in [-0.2, 0) is 9.53 Å². The second-order valence-electron chi connectivity index (χ2n) is 5.77. The molecule has 0 spiro atoms. The molecule has 0 bridgehead atoms. The largest absolute Gasteiger partial charge is 0.479 e. The van der Waals surface area contributed by atoms with E-state index in [1.807, 2.05) is 31.2 Å². The summed E-state index contributed by atoms with van der Waals surface area (Å²) in [5, 5.41) is 9.96. The molecule has 1 unspecified atom stereocenters. The summed E-state index contributed by atoms with van der Waals surface area (Å²) in [6.45, 7) is 4.44. The lowest BCUT2D eigenvalue weighted by Gasteiger charge is -2.31. The molecule has 2 heterocycles. The topological polar surface area (TPSA) is 79.7 Å². The number of carboxylic acids is 1. The zero-order valence-electron chi connectivity index (χ0n) is 13.1. The maximum Gasteiger partial charge on any atom is 0.334 e. The molecule has 1 aromatic carbocycles. The van der Waals surface area contributed by atoms with Crippen LogP contribution in [-0.4, -0.2) is 52.7 Å². The summed E-state index contributed by atoms with van der Waals surface area (Å²) in [7, 11) is 0. The number of fused-ring (bicyclic) bond motifs is 1. The van der Waals surface area contributed by atoms with E-state index in [1.54, 1.807) is 6.92 Å². The number of aryl methyl sites for hydroxylation is 2. The second kappa shape index (κ2) is 5.96. The number of amides is 1. The number of hydrogen-bond donors (Lipinski definition) is 1. The van der Waals surface area contributed by atoms with Gasteiger partial charge < -0.3 is 14.7 Å². The number of hydrogen-bond acceptors (Lipinski definition) is 4. The van der Waals surface area contributed by atoms with Gasteiger partial charge in [0, 0.05) is 11.9 Å². The first-order chi connectivity index (χ1) is 11.0. The lowest BCUT2D eigenvalue weighted by molar-refractivity contribution is -0.154. The van der Waals surface area contributed by atoms with Crippen LogP contribution < -0.4 is 0 Å². The van der Waals surface area contributed by atoms with Gasteiger partial charge in [-0.1, -0.05) is 11.6 Å². The quantitative estimate of drug-likeness (QED) is 0.914. The molecule has 23 heavy (non-hydrogen) atoms. The zero-order valence-corrected chi connectivity index (χ0v) is 13.1. The number of carbonyl (C=O) groups is 2. The van der Waals surface area contributed by atoms with Crippen molar-refractivity contribution in [3.63, 3.8) is 0 Å². The summed E-state index contributed by atoms with van der Waals surface area (Å²) >= 11 is 0. The first kappa shape index (κ1) is 15.4. The molecule has 3 rings (SSSR count). The molecule has 1 saturated heterocycles. The molecule has 0 aliphatic carbocycles. The third-order valence-electron chi connectivity index (χ3n) is 4.02. The van der Waals surface area contributed by atoms with Crippen molar-refractivity contribution >= 4 is 22.8 Å². The average molecular weight is 314 g/mol. The van der Waals surface area contributed by atoms with Crippen LogP contribution in [0.3, 0.4) is 0 Å². The number of ether oxygens (including phenoxy) is 1. The van der Waals surface area contributed by atoms with Crippen LogP contribution in [0, 0.1) is 13.8 Å². The van der Waals surface area contributed by atoms with Crippen molar-refractivity contribution in [1.29, 1.82) is 0 Å². The number of benzene rings is 1. The van der Waals surface area contributed by atoms with E-state index in [4.69, 9.17) is 9.84 Å². The molecule has 0 radical (unpaired) electrons. The molecule has 1 fully saturated rings. The van der Waals surface area contributed by atoms with Crippen LogP contribution in [0.25, 0.3) is 10.9 Å². The van der Waals surface area contributed by atoms with Crippen molar-refractivity contribution in [2.75, 3.05) is 19.7 Å². The van der Waals surface area contributed by atoms with Gasteiger partial charge in [0.1, 0.15) is 0 Å². The van der Waals surface area contributed by atoms with Crippen molar-refractivity contribution in [3.05, 3.63) is 41.1 Å². The van der Waals surface area contributed by atoms with Crippen LogP contribution >= 0.6 is 0 Å². The molecule has 2 aromatic rings. The highest BCUT2D eigenvalue weighted by Gasteiger charge is 2.30. The van der Waals surface area contributed by atoms with E-state index >= 15 is 0 Å². The van der Waals surface area contributed by atoms with E-state index in [-0.39, 0.29) is 19.1 Å². The third kappa shape index (κ3) is 3.03. The van der Waals surface area contributed by atoms with Crippen molar-refractivity contribution in [3.8, 4) is 0 Å². The van der Waals surface area contributed by atoms with E-state index in [2.05, 4.69) is 4.98 Å². The van der Waals surface area contributed by atoms with E-state index < -0.39 is 12.1 Å². The van der Waals surface area contributed by atoms with Crippen molar-refractivity contribution in [2.45, 2.75) is 20.0 Å². The molecule has 120 valence electrons. The Balaban J connectivity index is 1.93. The first-order valence-electron chi connectivity index (χ1n) is 7.47. The van der Waals surface area contributed by atoms with E-state index in [1.165, 1.54) is 4.90 Å². The van der Waals surface area contributed by atoms with Crippen LogP contribution in [0.2, 0.25) is 0 Å². The van der Waals surface area contributed by atoms with Gasteiger partial charge in [0.15, 0.2) is 6.10 Å². The van der Waals surface area contributed by atoms with Crippen LogP contribution in [0.5, 0.6) is 0 Å². The average Bonchev–Trinajstić information content (AvgIpc) is 2.54. The number of carbonyl (C=O) groups excluding carboxylic acids is 1. The Bertz CT molecular complexity index is 788. The highest BCUT2D eigenvalue weighted by Crippen LogP contribution is 2.20. The van der Waals surface area contributed by atoms with Crippen molar-refractivity contribution in [1.82, 2.24) is 9.88 Å². The van der Waals surface area contributed by atoms with Gasteiger partial charge in [0.2, 0.25) is 0 Å². The maximum absolute atomic E-state index is 12.8. The summed E-state index contributed by atoms with van der Waals surface area (Å²) in [5.41, 5.74) is 3.09. The van der Waals surface area contributed by atoms with Crippen LogP contribution in [0.4, 0.5) is 0 Å². The molecule has 6 nitrogen and oxygen atoms in total. The Morgan fingerprint density at radius 3 is 2.83 bits per heavy atom. The molecule has 0 saturated carbocycles. The molecule has 1 atom stereocenters. The molecular formula is C17H18N2O4. The van der Waals surface area contributed by atoms with Gasteiger partial charge in [-0.3, -0.25) is 9.78 Å². The van der Waals surface area contributed by atoms with E-state index in [0.717, 1.165) is 16.5 Å². The number of aliphatic carboxylic acids is 1. The zero-order chi connectivity index (χ0) is 16.6. The first-order valence-corrected chi connectivity index (χ1v) is 7.47. The van der Waals surface area contributed by atoms with Gasteiger partial charge in [-0.2, -0.15) is 0 Å². The summed E-state index contributed by atoms with van der Waals surface area (Å²) in [5.74, 6) is -1.25. The van der Waals surface area contributed by atoms with E-state index in [0.29, 0.717) is 17.8 Å². The normalized spacial score (nSPS) is 18.2. The Labute approximate surface area is 133 Å². The monoisotopic (exact) mass is 314 g/mol. The van der Waals surface area contributed by atoms with Gasteiger partial charge in [-0.15, -0.1) is 0 Å². The van der Waals surface area contributed by atoms with Crippen molar-refractivity contribution < 1.29 is 19.4 Å². The van der Waals surface area contributed by atoms with Crippen LogP contribution in [0.1, 0.15) is 21.6 Å². The Kier molecular flexibility index (Phi) is 4.00. The number of rotatable bonds is 2. The number of nitrogens with zero attached hydrogens (tertiary/aromatic N) is 2. The number of pyridine rings is 1. The second-order valence-corrected chi connectivity index (χ2v) is 5.77. The fourth-order valence-electron chi connectivity index (χ4n) is 2.76. The van der Waals surface area contributed by atoms with Gasteiger partial charge >= 0.3 is 5.97 Å².